The summed E-state index contributed by atoms with van der Waals surface area (Å²) in [6.45, 7) is 2.57. The molecule has 1 aliphatic heterocycles. The molecule has 2 aromatic heterocycles. The second kappa shape index (κ2) is 11.0. The van der Waals surface area contributed by atoms with Gasteiger partial charge in [-0.25, -0.2) is 14.0 Å². The third-order valence-electron chi connectivity index (χ3n) is 6.06. The number of esters is 1. The van der Waals surface area contributed by atoms with Crippen molar-refractivity contribution < 1.29 is 33.0 Å². The standard InChI is InChI=1S/C22H28N7O8P/c1-14(19(31)34-3)26-38(33,37-15-7-5-4-6-8-15)35-13-16-18(30)22(2,29-12-10-24-27-29)20(36-16)28-11-9-17(23)25-21(28)32/h4-12,14,16,18,20,30H,13H2,1-3H3,(H,26,33)(H2,23,25,32)/t14-,16+,18+,20+,22+,38?/m0/s1. The van der Waals surface area contributed by atoms with Crippen molar-refractivity contribution in [3.05, 3.63) is 65.5 Å². The third-order valence-corrected chi connectivity index (χ3v) is 7.70. The molecule has 204 valence electrons. The van der Waals surface area contributed by atoms with E-state index in [1.54, 1.807) is 37.3 Å². The first-order valence-corrected chi connectivity index (χ1v) is 13.0. The molecule has 16 heteroatoms. The minimum Gasteiger partial charge on any atom is -0.468 e. The first kappa shape index (κ1) is 27.4. The summed E-state index contributed by atoms with van der Waals surface area (Å²) in [5.74, 6) is -0.480. The maximum absolute atomic E-state index is 13.7. The van der Waals surface area contributed by atoms with Crippen molar-refractivity contribution in [1.29, 1.82) is 0 Å². The summed E-state index contributed by atoms with van der Waals surface area (Å²) in [4.78, 5) is 28.4. The fourth-order valence-electron chi connectivity index (χ4n) is 4.04. The molecule has 0 aliphatic carbocycles. The molecular weight excluding hydrogens is 521 g/mol. The number of hydrogen-bond donors (Lipinski definition) is 3. The van der Waals surface area contributed by atoms with Gasteiger partial charge in [-0.15, -0.1) is 5.10 Å². The smallest absolute Gasteiger partial charge is 0.459 e. The highest BCUT2D eigenvalue weighted by Gasteiger charge is 2.57. The summed E-state index contributed by atoms with van der Waals surface area (Å²) < 4.78 is 38.2. The number of benzene rings is 1. The number of nitrogen functional groups attached to an aromatic ring is 1. The first-order valence-electron chi connectivity index (χ1n) is 11.5. The summed E-state index contributed by atoms with van der Waals surface area (Å²) in [5, 5.41) is 21.7. The molecule has 1 aliphatic rings. The van der Waals surface area contributed by atoms with Gasteiger partial charge in [-0.2, -0.15) is 10.1 Å². The number of ether oxygens (including phenoxy) is 2. The minimum absolute atomic E-state index is 0.0111. The van der Waals surface area contributed by atoms with Gasteiger partial charge in [-0.3, -0.25) is 13.9 Å². The van der Waals surface area contributed by atoms with Crippen molar-refractivity contribution in [1.82, 2.24) is 29.6 Å². The van der Waals surface area contributed by atoms with Crippen LogP contribution in [0.25, 0.3) is 0 Å². The number of aliphatic hydroxyl groups excluding tert-OH is 1. The van der Waals surface area contributed by atoms with Gasteiger partial charge in [-0.05, 0) is 32.0 Å². The van der Waals surface area contributed by atoms with Crippen molar-refractivity contribution in [3.8, 4) is 5.75 Å². The predicted molar refractivity (Wildman–Crippen MR) is 132 cm³/mol. The van der Waals surface area contributed by atoms with Crippen LogP contribution in [0.4, 0.5) is 5.82 Å². The Balaban J connectivity index is 1.62. The zero-order valence-electron chi connectivity index (χ0n) is 20.8. The van der Waals surface area contributed by atoms with Gasteiger partial charge in [0.1, 0.15) is 35.4 Å². The Bertz CT molecular complexity index is 1360. The Labute approximate surface area is 217 Å². The van der Waals surface area contributed by atoms with Crippen LogP contribution in [-0.2, 0) is 28.9 Å². The fourth-order valence-corrected chi connectivity index (χ4v) is 5.55. The third kappa shape index (κ3) is 5.47. The second-order valence-electron chi connectivity index (χ2n) is 8.66. The van der Waals surface area contributed by atoms with Crippen molar-refractivity contribution in [2.75, 3.05) is 19.5 Å². The summed E-state index contributed by atoms with van der Waals surface area (Å²) in [6.07, 6.45) is 0.668. The monoisotopic (exact) mass is 549 g/mol. The van der Waals surface area contributed by atoms with E-state index in [2.05, 4.69) is 20.4 Å². The maximum atomic E-state index is 13.7. The molecule has 0 amide bonds. The molecule has 1 unspecified atom stereocenters. The van der Waals surface area contributed by atoms with Crippen LogP contribution in [0.2, 0.25) is 0 Å². The molecule has 4 rings (SSSR count). The summed E-state index contributed by atoms with van der Waals surface area (Å²) in [6, 6.07) is 8.53. The molecular formula is C22H28N7O8P. The van der Waals surface area contributed by atoms with Crippen molar-refractivity contribution in [2.45, 2.75) is 43.9 Å². The lowest BCUT2D eigenvalue weighted by Gasteiger charge is -2.33. The van der Waals surface area contributed by atoms with Gasteiger partial charge < -0.3 is 24.8 Å². The van der Waals surface area contributed by atoms with E-state index < -0.39 is 56.0 Å². The van der Waals surface area contributed by atoms with Gasteiger partial charge in [0.25, 0.3) is 0 Å². The fraction of sp³-hybridized carbons (Fsp3) is 0.409. The molecule has 3 heterocycles. The number of anilines is 1. The normalized spacial score (nSPS) is 25.4. The van der Waals surface area contributed by atoms with E-state index >= 15 is 0 Å². The average Bonchev–Trinajstić information content (AvgIpc) is 3.52. The van der Waals surface area contributed by atoms with E-state index in [-0.39, 0.29) is 11.6 Å². The topological polar surface area (TPSA) is 195 Å². The van der Waals surface area contributed by atoms with Gasteiger partial charge >= 0.3 is 19.4 Å². The van der Waals surface area contributed by atoms with E-state index in [1.165, 1.54) is 43.4 Å². The van der Waals surface area contributed by atoms with Gasteiger partial charge in [0.15, 0.2) is 6.23 Å². The second-order valence-corrected chi connectivity index (χ2v) is 10.4. The number of nitrogens with zero attached hydrogens (tertiary/aromatic N) is 5. The zero-order chi connectivity index (χ0) is 27.5. The Hall–Kier alpha value is -3.62. The van der Waals surface area contributed by atoms with Crippen LogP contribution in [0.5, 0.6) is 5.75 Å². The lowest BCUT2D eigenvalue weighted by molar-refractivity contribution is -0.142. The number of nitrogens with two attached hydrogens (primary N) is 1. The summed E-state index contributed by atoms with van der Waals surface area (Å²) in [5.41, 5.74) is 3.53. The molecule has 6 atom stereocenters. The molecule has 15 nitrogen and oxygen atoms in total. The van der Waals surface area contributed by atoms with Gasteiger partial charge in [0.2, 0.25) is 0 Å². The number of nitrogens with one attached hydrogen (secondary N) is 1. The zero-order valence-corrected chi connectivity index (χ0v) is 21.7. The van der Waals surface area contributed by atoms with E-state index in [1.807, 2.05) is 0 Å². The van der Waals surface area contributed by atoms with Crippen LogP contribution in [0, 0.1) is 0 Å². The molecule has 1 saturated heterocycles. The Morgan fingerprint density at radius 1 is 1.32 bits per heavy atom. The predicted octanol–water partition coefficient (Wildman–Crippen LogP) is 0.446. The SMILES string of the molecule is COC(=O)[C@H](C)NP(=O)(OC[C@H]1O[C@@H](n2ccc(N)nc2=O)[C@](C)(n2ccnn2)[C@@H]1O)Oc1ccccc1. The molecule has 38 heavy (non-hydrogen) atoms. The number of methoxy groups -OCH3 is 1. The molecule has 4 N–H and O–H groups in total. The average molecular weight is 549 g/mol. The van der Waals surface area contributed by atoms with Gasteiger partial charge in [0.05, 0.1) is 19.9 Å². The van der Waals surface area contributed by atoms with E-state index in [9.17, 15) is 19.3 Å². The number of carbonyl (C=O) groups excluding carboxylic acids is 1. The Morgan fingerprint density at radius 3 is 2.68 bits per heavy atom. The molecule has 0 saturated carbocycles. The maximum Gasteiger partial charge on any atom is 0.459 e. The Kier molecular flexibility index (Phi) is 7.94. The number of para-hydroxylation sites is 1. The molecule has 0 radical (unpaired) electrons. The van der Waals surface area contributed by atoms with Crippen LogP contribution in [0.1, 0.15) is 20.1 Å². The van der Waals surface area contributed by atoms with Crippen LogP contribution in [0.15, 0.2) is 59.8 Å². The summed E-state index contributed by atoms with van der Waals surface area (Å²) >= 11 is 0. The lowest BCUT2D eigenvalue weighted by atomic mass is 9.92. The molecule has 1 fully saturated rings. The number of carbonyl (C=O) groups is 1. The highest BCUT2D eigenvalue weighted by Crippen LogP contribution is 2.48. The lowest BCUT2D eigenvalue weighted by Crippen LogP contribution is -2.49. The quantitative estimate of drug-likeness (QED) is 0.233. The van der Waals surface area contributed by atoms with E-state index in [0.717, 1.165) is 4.57 Å². The molecule has 3 aromatic rings. The molecule has 0 bridgehead atoms. The van der Waals surface area contributed by atoms with E-state index in [0.29, 0.717) is 0 Å². The minimum atomic E-state index is -4.23. The van der Waals surface area contributed by atoms with Crippen LogP contribution < -0.4 is 21.0 Å². The number of aromatic nitrogens is 5. The van der Waals surface area contributed by atoms with Crippen LogP contribution in [0.3, 0.4) is 0 Å². The van der Waals surface area contributed by atoms with Crippen molar-refractivity contribution >= 4 is 19.5 Å². The first-order chi connectivity index (χ1) is 18.1. The largest absolute Gasteiger partial charge is 0.468 e. The van der Waals surface area contributed by atoms with Crippen molar-refractivity contribution in [3.63, 3.8) is 0 Å². The van der Waals surface area contributed by atoms with Crippen LogP contribution in [-0.4, -0.2) is 67.6 Å². The van der Waals surface area contributed by atoms with Gasteiger partial charge in [0, 0.05) is 12.4 Å². The Morgan fingerprint density at radius 2 is 2.05 bits per heavy atom. The highest BCUT2D eigenvalue weighted by atomic mass is 31.2. The van der Waals surface area contributed by atoms with Gasteiger partial charge in [-0.1, -0.05) is 23.4 Å². The number of rotatable bonds is 10. The van der Waals surface area contributed by atoms with Crippen molar-refractivity contribution in [2.24, 2.45) is 0 Å². The highest BCUT2D eigenvalue weighted by molar-refractivity contribution is 7.52. The number of aliphatic hydroxyl groups is 1. The van der Waals surface area contributed by atoms with E-state index in [4.69, 9.17) is 24.3 Å². The van der Waals surface area contributed by atoms with Crippen LogP contribution >= 0.6 is 7.75 Å². The summed E-state index contributed by atoms with van der Waals surface area (Å²) in [7, 11) is -3.04. The molecule has 0 spiro atoms. The number of hydrogen-bond acceptors (Lipinski definition) is 12. The molecule has 1 aromatic carbocycles.